The van der Waals surface area contributed by atoms with Crippen LogP contribution >= 0.6 is 11.6 Å². The highest BCUT2D eigenvalue weighted by atomic mass is 35.5. The summed E-state index contributed by atoms with van der Waals surface area (Å²) in [5, 5.41) is 18.9. The number of phenolic OH excluding ortho intramolecular Hbond substituents is 1. The van der Waals surface area contributed by atoms with Crippen molar-refractivity contribution >= 4 is 28.5 Å². The van der Waals surface area contributed by atoms with Gasteiger partial charge in [0.2, 0.25) is 0 Å². The van der Waals surface area contributed by atoms with E-state index in [0.717, 1.165) is 6.07 Å². The summed E-state index contributed by atoms with van der Waals surface area (Å²) in [6.07, 6.45) is 1.59. The van der Waals surface area contributed by atoms with Gasteiger partial charge in [0.15, 0.2) is 0 Å². The molecule has 0 spiro atoms. The lowest BCUT2D eigenvalue weighted by molar-refractivity contribution is 0.0697. The number of carbonyl (C=O) groups is 1. The number of fused-ring (bicyclic) bond motifs is 1. The number of carboxylic acids is 1. The second kappa shape index (κ2) is 2.92. The first kappa shape index (κ1) is 8.90. The fourth-order valence-corrected chi connectivity index (χ4v) is 1.63. The second-order valence-corrected chi connectivity index (χ2v) is 3.21. The third-order valence-electron chi connectivity index (χ3n) is 1.99. The van der Waals surface area contributed by atoms with Crippen LogP contribution in [0.5, 0.6) is 5.75 Å². The summed E-state index contributed by atoms with van der Waals surface area (Å²) in [7, 11) is 0. The molecule has 0 saturated heterocycles. The topological polar surface area (TPSA) is 73.3 Å². The Morgan fingerprint density at radius 3 is 2.86 bits per heavy atom. The molecule has 0 saturated carbocycles. The van der Waals surface area contributed by atoms with Crippen molar-refractivity contribution in [2.45, 2.75) is 0 Å². The molecule has 0 unspecified atom stereocenters. The number of hydrogen-bond donors (Lipinski definition) is 3. The highest BCUT2D eigenvalue weighted by Gasteiger charge is 2.15. The van der Waals surface area contributed by atoms with E-state index in [1.807, 2.05) is 0 Å². The Bertz CT molecular complexity index is 518. The van der Waals surface area contributed by atoms with E-state index in [1.165, 1.54) is 0 Å². The number of nitrogens with one attached hydrogen (secondary N) is 1. The molecule has 1 heterocycles. The van der Waals surface area contributed by atoms with Crippen molar-refractivity contribution in [3.8, 4) is 5.75 Å². The molecule has 72 valence electrons. The quantitative estimate of drug-likeness (QED) is 0.677. The zero-order valence-corrected chi connectivity index (χ0v) is 7.67. The summed E-state index contributed by atoms with van der Waals surface area (Å²) < 4.78 is 0. The van der Waals surface area contributed by atoms with Crippen molar-refractivity contribution in [2.75, 3.05) is 0 Å². The average molecular weight is 212 g/mol. The fourth-order valence-electron chi connectivity index (χ4n) is 1.34. The van der Waals surface area contributed by atoms with Gasteiger partial charge in [0, 0.05) is 11.6 Å². The number of hydrogen-bond acceptors (Lipinski definition) is 2. The van der Waals surface area contributed by atoms with E-state index >= 15 is 0 Å². The van der Waals surface area contributed by atoms with Crippen molar-refractivity contribution in [2.24, 2.45) is 0 Å². The van der Waals surface area contributed by atoms with E-state index in [4.69, 9.17) is 16.7 Å². The van der Waals surface area contributed by atoms with Gasteiger partial charge in [-0.2, -0.15) is 0 Å². The number of aromatic hydroxyl groups is 1. The third kappa shape index (κ3) is 1.12. The first-order valence-electron chi connectivity index (χ1n) is 3.83. The maximum absolute atomic E-state index is 10.7. The molecular weight excluding hydrogens is 206 g/mol. The largest absolute Gasteiger partial charge is 0.506 e. The SMILES string of the molecule is O=C(O)c1cc(O)c2[nH]ccc2c1Cl. The molecule has 14 heavy (non-hydrogen) atoms. The van der Waals surface area contributed by atoms with Crippen molar-refractivity contribution in [3.05, 3.63) is 28.9 Å². The van der Waals surface area contributed by atoms with Crippen molar-refractivity contribution in [1.29, 1.82) is 0 Å². The Labute approximate surface area is 83.7 Å². The van der Waals surface area contributed by atoms with Crippen LogP contribution in [0.25, 0.3) is 10.9 Å². The maximum Gasteiger partial charge on any atom is 0.337 e. The number of aromatic nitrogens is 1. The Hall–Kier alpha value is -1.68. The Morgan fingerprint density at radius 2 is 2.21 bits per heavy atom. The lowest BCUT2D eigenvalue weighted by Gasteiger charge is -2.02. The average Bonchev–Trinajstić information content (AvgIpc) is 2.59. The Kier molecular flexibility index (Phi) is 1.86. The molecule has 0 aliphatic rings. The summed E-state index contributed by atoms with van der Waals surface area (Å²) in [6.45, 7) is 0. The number of benzene rings is 1. The normalized spacial score (nSPS) is 10.6. The molecule has 1 aromatic carbocycles. The first-order valence-corrected chi connectivity index (χ1v) is 4.21. The molecule has 1 aromatic heterocycles. The van der Waals surface area contributed by atoms with Gasteiger partial charge in [-0.25, -0.2) is 4.79 Å². The van der Waals surface area contributed by atoms with E-state index in [1.54, 1.807) is 12.3 Å². The standard InChI is InChI=1S/C9H6ClNO3/c10-7-4-1-2-11-8(4)6(12)3-5(7)9(13)14/h1-3,11-12H,(H,13,14). The number of phenols is 1. The summed E-state index contributed by atoms with van der Waals surface area (Å²) in [5.41, 5.74) is 0.344. The smallest absolute Gasteiger partial charge is 0.337 e. The first-order chi connectivity index (χ1) is 6.61. The zero-order valence-electron chi connectivity index (χ0n) is 6.91. The Balaban J connectivity index is 2.88. The summed E-state index contributed by atoms with van der Waals surface area (Å²) >= 11 is 5.84. The molecule has 0 atom stereocenters. The van der Waals surface area contributed by atoms with Crippen molar-refractivity contribution in [3.63, 3.8) is 0 Å². The van der Waals surface area contributed by atoms with Gasteiger partial charge in [0.1, 0.15) is 5.75 Å². The fraction of sp³-hybridized carbons (Fsp3) is 0. The van der Waals surface area contributed by atoms with E-state index in [2.05, 4.69) is 4.98 Å². The summed E-state index contributed by atoms with van der Waals surface area (Å²) in [5.74, 6) is -1.28. The molecule has 2 rings (SSSR count). The number of carboxylic acid groups (broad SMARTS) is 1. The number of aromatic carboxylic acids is 1. The number of aromatic amines is 1. The number of H-pyrrole nitrogens is 1. The van der Waals surface area contributed by atoms with E-state index in [9.17, 15) is 9.90 Å². The van der Waals surface area contributed by atoms with Gasteiger partial charge < -0.3 is 15.2 Å². The predicted molar refractivity (Wildman–Crippen MR) is 51.9 cm³/mol. The predicted octanol–water partition coefficient (Wildman–Crippen LogP) is 2.23. The minimum Gasteiger partial charge on any atom is -0.506 e. The third-order valence-corrected chi connectivity index (χ3v) is 2.39. The molecule has 4 nitrogen and oxygen atoms in total. The van der Waals surface area contributed by atoms with Gasteiger partial charge in [-0.3, -0.25) is 0 Å². The second-order valence-electron chi connectivity index (χ2n) is 2.83. The molecule has 0 bridgehead atoms. The van der Waals surface area contributed by atoms with E-state index in [-0.39, 0.29) is 16.3 Å². The molecular formula is C9H6ClNO3. The lowest BCUT2D eigenvalue weighted by atomic mass is 10.1. The molecule has 0 radical (unpaired) electrons. The highest BCUT2D eigenvalue weighted by molar-refractivity contribution is 6.38. The van der Waals surface area contributed by atoms with Crippen molar-refractivity contribution < 1.29 is 15.0 Å². The van der Waals surface area contributed by atoms with Gasteiger partial charge in [-0.15, -0.1) is 0 Å². The van der Waals surface area contributed by atoms with Crippen LogP contribution in [0.15, 0.2) is 18.3 Å². The van der Waals surface area contributed by atoms with Crippen LogP contribution < -0.4 is 0 Å². The Morgan fingerprint density at radius 1 is 1.50 bits per heavy atom. The van der Waals surface area contributed by atoms with Crippen LogP contribution in [-0.2, 0) is 0 Å². The molecule has 0 aliphatic carbocycles. The monoisotopic (exact) mass is 211 g/mol. The highest BCUT2D eigenvalue weighted by Crippen LogP contribution is 2.33. The van der Waals surface area contributed by atoms with E-state index in [0.29, 0.717) is 10.9 Å². The van der Waals surface area contributed by atoms with E-state index < -0.39 is 5.97 Å². The van der Waals surface area contributed by atoms with Crippen LogP contribution in [0, 0.1) is 0 Å². The molecule has 0 aliphatic heterocycles. The molecule has 3 N–H and O–H groups in total. The minimum absolute atomic E-state index is 0.101. The number of rotatable bonds is 1. The lowest BCUT2D eigenvalue weighted by Crippen LogP contribution is -1.97. The van der Waals surface area contributed by atoms with Gasteiger partial charge in [0.05, 0.1) is 16.1 Å². The van der Waals surface area contributed by atoms with Crippen molar-refractivity contribution in [1.82, 2.24) is 4.98 Å². The van der Waals surface area contributed by atoms with Crippen LogP contribution in [0.4, 0.5) is 0 Å². The van der Waals surface area contributed by atoms with Crippen LogP contribution in [0.2, 0.25) is 5.02 Å². The molecule has 0 fully saturated rings. The maximum atomic E-state index is 10.7. The zero-order chi connectivity index (χ0) is 10.3. The van der Waals surface area contributed by atoms with Crippen LogP contribution in [-0.4, -0.2) is 21.2 Å². The molecule has 5 heteroatoms. The van der Waals surface area contributed by atoms with Crippen LogP contribution in [0.1, 0.15) is 10.4 Å². The van der Waals surface area contributed by atoms with Gasteiger partial charge >= 0.3 is 5.97 Å². The molecule has 0 amide bonds. The summed E-state index contributed by atoms with van der Waals surface area (Å²) in [4.78, 5) is 13.5. The number of halogens is 1. The van der Waals surface area contributed by atoms with Gasteiger partial charge in [0.25, 0.3) is 0 Å². The minimum atomic E-state index is -1.16. The van der Waals surface area contributed by atoms with Crippen LogP contribution in [0.3, 0.4) is 0 Å². The summed E-state index contributed by atoms with van der Waals surface area (Å²) in [6, 6.07) is 2.74. The van der Waals surface area contributed by atoms with Gasteiger partial charge in [-0.05, 0) is 12.1 Å². The van der Waals surface area contributed by atoms with Gasteiger partial charge in [-0.1, -0.05) is 11.6 Å². The molecule has 2 aromatic rings.